The number of hydrogen-bond donors (Lipinski definition) is 1. The molecule has 2 aliphatic heterocycles. The van der Waals surface area contributed by atoms with Crippen molar-refractivity contribution in [2.45, 2.75) is 57.8 Å². The molecule has 116 valence electrons. The first kappa shape index (κ1) is 16.1. The Balaban J connectivity index is 0.00000147. The molecule has 2 heterocycles. The van der Waals surface area contributed by atoms with Crippen LogP contribution in [0.3, 0.4) is 0 Å². The lowest BCUT2D eigenvalue weighted by atomic mass is 9.69. The number of nitrogens with zero attached hydrogens (tertiary/aromatic N) is 1. The van der Waals surface area contributed by atoms with Crippen molar-refractivity contribution in [3.05, 3.63) is 0 Å². The van der Waals surface area contributed by atoms with E-state index in [0.29, 0.717) is 11.3 Å². The molecule has 1 unspecified atom stereocenters. The van der Waals surface area contributed by atoms with Gasteiger partial charge in [-0.05, 0) is 50.5 Å². The number of carbonyl (C=O) groups excluding carboxylic acids is 1. The number of halogens is 1. The molecule has 3 fully saturated rings. The minimum atomic E-state index is 0. The number of likely N-dealkylation sites (tertiary alicyclic amines) is 1. The molecule has 0 aromatic carbocycles. The summed E-state index contributed by atoms with van der Waals surface area (Å²) in [6.45, 7) is 4.06. The third-order valence-corrected chi connectivity index (χ3v) is 5.53. The van der Waals surface area contributed by atoms with Crippen LogP contribution >= 0.6 is 12.4 Å². The smallest absolute Gasteiger partial charge is 0.226 e. The van der Waals surface area contributed by atoms with Gasteiger partial charge in [-0.1, -0.05) is 19.3 Å². The third kappa shape index (κ3) is 3.48. The van der Waals surface area contributed by atoms with Crippen LogP contribution in [0.5, 0.6) is 0 Å². The van der Waals surface area contributed by atoms with Crippen LogP contribution < -0.4 is 5.32 Å². The highest BCUT2D eigenvalue weighted by Gasteiger charge is 2.39. The second kappa shape index (κ2) is 7.13. The molecule has 3 rings (SSSR count). The van der Waals surface area contributed by atoms with Gasteiger partial charge in [0.15, 0.2) is 0 Å². The Hall–Kier alpha value is -0.280. The van der Waals surface area contributed by atoms with Gasteiger partial charge in [-0.3, -0.25) is 4.79 Å². The molecule has 1 saturated carbocycles. The Kier molecular flexibility index (Phi) is 5.74. The van der Waals surface area contributed by atoms with Crippen LogP contribution in [-0.4, -0.2) is 37.0 Å². The molecular weight excluding hydrogens is 272 g/mol. The fourth-order valence-corrected chi connectivity index (χ4v) is 4.43. The lowest BCUT2D eigenvalue weighted by molar-refractivity contribution is -0.140. The second-order valence-electron chi connectivity index (χ2n) is 6.97. The van der Waals surface area contributed by atoms with E-state index in [1.165, 1.54) is 44.9 Å². The van der Waals surface area contributed by atoms with Gasteiger partial charge in [-0.2, -0.15) is 0 Å². The zero-order valence-electron chi connectivity index (χ0n) is 12.5. The van der Waals surface area contributed by atoms with E-state index in [1.54, 1.807) is 0 Å². The molecule has 0 radical (unpaired) electrons. The first-order valence-corrected chi connectivity index (χ1v) is 8.29. The average Bonchev–Trinajstić information content (AvgIpc) is 2.48. The summed E-state index contributed by atoms with van der Waals surface area (Å²) in [5.74, 6) is 0.698. The van der Waals surface area contributed by atoms with Gasteiger partial charge >= 0.3 is 0 Å². The minimum Gasteiger partial charge on any atom is -0.342 e. The van der Waals surface area contributed by atoms with Gasteiger partial charge < -0.3 is 10.2 Å². The van der Waals surface area contributed by atoms with Crippen LogP contribution in [0.15, 0.2) is 0 Å². The fraction of sp³-hybridized carbons (Fsp3) is 0.938. The zero-order valence-corrected chi connectivity index (χ0v) is 13.3. The number of rotatable bonds is 1. The summed E-state index contributed by atoms with van der Waals surface area (Å²) in [5.41, 5.74) is 0.494. The van der Waals surface area contributed by atoms with Gasteiger partial charge in [0.1, 0.15) is 0 Å². The van der Waals surface area contributed by atoms with Crippen molar-refractivity contribution in [1.82, 2.24) is 10.2 Å². The molecule has 0 aromatic heterocycles. The highest BCUT2D eigenvalue weighted by molar-refractivity contribution is 5.85. The predicted octanol–water partition coefficient (Wildman–Crippen LogP) is 2.98. The molecule has 1 aliphatic carbocycles. The molecule has 1 spiro atoms. The summed E-state index contributed by atoms with van der Waals surface area (Å²) >= 11 is 0. The van der Waals surface area contributed by atoms with Crippen LogP contribution in [0, 0.1) is 11.3 Å². The van der Waals surface area contributed by atoms with E-state index in [1.807, 2.05) is 0 Å². The predicted molar refractivity (Wildman–Crippen MR) is 84.2 cm³/mol. The van der Waals surface area contributed by atoms with Gasteiger partial charge in [-0.25, -0.2) is 0 Å². The molecular formula is C16H29ClN2O. The van der Waals surface area contributed by atoms with Crippen LogP contribution in [0.1, 0.15) is 57.8 Å². The number of nitrogens with one attached hydrogen (secondary N) is 1. The number of hydrogen-bond acceptors (Lipinski definition) is 2. The molecule has 3 aliphatic rings. The van der Waals surface area contributed by atoms with Crippen molar-refractivity contribution in [3.8, 4) is 0 Å². The van der Waals surface area contributed by atoms with E-state index in [9.17, 15) is 4.79 Å². The first-order valence-electron chi connectivity index (χ1n) is 8.29. The number of carbonyl (C=O) groups is 1. The quantitative estimate of drug-likeness (QED) is 0.807. The van der Waals surface area contributed by atoms with Crippen molar-refractivity contribution < 1.29 is 4.79 Å². The summed E-state index contributed by atoms with van der Waals surface area (Å²) < 4.78 is 0. The van der Waals surface area contributed by atoms with Crippen LogP contribution in [0.25, 0.3) is 0 Å². The van der Waals surface area contributed by atoms with Gasteiger partial charge in [0.2, 0.25) is 5.91 Å². The first-order chi connectivity index (χ1) is 9.29. The van der Waals surface area contributed by atoms with Crippen molar-refractivity contribution in [2.75, 3.05) is 26.2 Å². The van der Waals surface area contributed by atoms with E-state index in [0.717, 1.165) is 39.0 Å². The Bertz CT molecular complexity index is 317. The Morgan fingerprint density at radius 2 is 1.80 bits per heavy atom. The lowest BCUT2D eigenvalue weighted by Gasteiger charge is -2.46. The van der Waals surface area contributed by atoms with Gasteiger partial charge in [0.05, 0.1) is 5.92 Å². The molecule has 4 heteroatoms. The van der Waals surface area contributed by atoms with Crippen molar-refractivity contribution in [3.63, 3.8) is 0 Å². The monoisotopic (exact) mass is 300 g/mol. The number of piperidine rings is 2. The topological polar surface area (TPSA) is 32.3 Å². The highest BCUT2D eigenvalue weighted by atomic mass is 35.5. The Morgan fingerprint density at radius 1 is 1.05 bits per heavy atom. The lowest BCUT2D eigenvalue weighted by Crippen LogP contribution is -2.50. The fourth-order valence-electron chi connectivity index (χ4n) is 4.43. The molecule has 3 nitrogen and oxygen atoms in total. The van der Waals surface area contributed by atoms with Crippen LogP contribution in [-0.2, 0) is 4.79 Å². The minimum absolute atomic E-state index is 0. The van der Waals surface area contributed by atoms with Crippen molar-refractivity contribution in [1.29, 1.82) is 0 Å². The van der Waals surface area contributed by atoms with Gasteiger partial charge in [-0.15, -0.1) is 12.4 Å². The zero-order chi connectivity index (χ0) is 13.1. The number of amides is 1. The summed E-state index contributed by atoms with van der Waals surface area (Å²) in [4.78, 5) is 14.9. The standard InChI is InChI=1S/C16H28N2O.ClH/c19-15(14-6-4-10-17-12-14)18-11-5-9-16(13-18)7-2-1-3-8-16;/h14,17H,1-13H2;1H. The SMILES string of the molecule is Cl.O=C(C1CCCNC1)N1CCCC2(CCCCC2)C1. The molecule has 0 bridgehead atoms. The van der Waals surface area contributed by atoms with E-state index >= 15 is 0 Å². The molecule has 2 saturated heterocycles. The second-order valence-corrected chi connectivity index (χ2v) is 6.97. The van der Waals surface area contributed by atoms with Crippen molar-refractivity contribution >= 4 is 18.3 Å². The third-order valence-electron chi connectivity index (χ3n) is 5.53. The summed E-state index contributed by atoms with van der Waals surface area (Å²) in [6.07, 6.45) is 11.7. The maximum atomic E-state index is 12.7. The van der Waals surface area contributed by atoms with Gasteiger partial charge in [0.25, 0.3) is 0 Å². The molecule has 1 amide bonds. The molecule has 0 aromatic rings. The van der Waals surface area contributed by atoms with E-state index in [2.05, 4.69) is 10.2 Å². The largest absolute Gasteiger partial charge is 0.342 e. The Labute approximate surface area is 129 Å². The maximum absolute atomic E-state index is 12.7. The molecule has 1 atom stereocenters. The van der Waals surface area contributed by atoms with Crippen LogP contribution in [0.4, 0.5) is 0 Å². The average molecular weight is 301 g/mol. The van der Waals surface area contributed by atoms with Crippen molar-refractivity contribution in [2.24, 2.45) is 11.3 Å². The molecule has 20 heavy (non-hydrogen) atoms. The summed E-state index contributed by atoms with van der Waals surface area (Å²) in [6, 6.07) is 0. The van der Waals surface area contributed by atoms with E-state index < -0.39 is 0 Å². The van der Waals surface area contributed by atoms with E-state index in [-0.39, 0.29) is 18.3 Å². The summed E-state index contributed by atoms with van der Waals surface area (Å²) in [7, 11) is 0. The van der Waals surface area contributed by atoms with Crippen LogP contribution in [0.2, 0.25) is 0 Å². The molecule has 1 N–H and O–H groups in total. The maximum Gasteiger partial charge on any atom is 0.226 e. The van der Waals surface area contributed by atoms with E-state index in [4.69, 9.17) is 0 Å². The highest BCUT2D eigenvalue weighted by Crippen LogP contribution is 2.43. The Morgan fingerprint density at radius 3 is 2.50 bits per heavy atom. The normalized spacial score (nSPS) is 29.8. The van der Waals surface area contributed by atoms with Gasteiger partial charge in [0, 0.05) is 19.6 Å². The summed E-state index contributed by atoms with van der Waals surface area (Å²) in [5, 5.41) is 3.38.